The van der Waals surface area contributed by atoms with E-state index in [9.17, 15) is 18.8 Å². The van der Waals surface area contributed by atoms with Crippen molar-refractivity contribution in [1.29, 1.82) is 0 Å². The van der Waals surface area contributed by atoms with E-state index in [1.807, 2.05) is 66.7 Å². The lowest BCUT2D eigenvalue weighted by atomic mass is 9.97. The number of amides is 3. The molecule has 4 aromatic carbocycles. The predicted octanol–water partition coefficient (Wildman–Crippen LogP) is 4.65. The van der Waals surface area contributed by atoms with Crippen molar-refractivity contribution in [3.05, 3.63) is 114 Å². The fourth-order valence-corrected chi connectivity index (χ4v) is 5.65. The van der Waals surface area contributed by atoms with Crippen LogP contribution < -0.4 is 4.90 Å². The third-order valence-electron chi connectivity index (χ3n) is 7.65. The van der Waals surface area contributed by atoms with Crippen molar-refractivity contribution >= 4 is 39.9 Å². The number of anilines is 1. The number of fused-ring (bicyclic) bond motifs is 2. The molecule has 1 fully saturated rings. The number of hydrogen-bond acceptors (Lipinski definition) is 7. The molecule has 0 aromatic heterocycles. The number of carbonyl (C=O) groups is 3. The molecule has 3 aliphatic rings. The molecule has 0 radical (unpaired) electrons. The SMILES string of the molecule is O=C1[C@@H]2N=NN(CC(=O)N3N=C(c4ccc5ccccc5c4)C[C@H]3c3ccccc3)[C@H]2C(=O)N1c1cccc(F)c1. The zero-order valence-corrected chi connectivity index (χ0v) is 21.7. The molecule has 4 aromatic rings. The van der Waals surface area contributed by atoms with Crippen LogP contribution in [0.15, 0.2) is 113 Å². The molecule has 3 heterocycles. The summed E-state index contributed by atoms with van der Waals surface area (Å²) in [5.74, 6) is -2.18. The summed E-state index contributed by atoms with van der Waals surface area (Å²) >= 11 is 0. The highest BCUT2D eigenvalue weighted by molar-refractivity contribution is 6.25. The van der Waals surface area contributed by atoms with Crippen LogP contribution in [0.2, 0.25) is 0 Å². The number of halogens is 1. The molecule has 1 saturated heterocycles. The van der Waals surface area contributed by atoms with Gasteiger partial charge in [-0.2, -0.15) is 10.2 Å². The molecule has 3 atom stereocenters. The van der Waals surface area contributed by atoms with Gasteiger partial charge in [0, 0.05) is 6.42 Å². The van der Waals surface area contributed by atoms with Crippen LogP contribution in [-0.4, -0.2) is 52.1 Å². The van der Waals surface area contributed by atoms with E-state index in [1.165, 1.54) is 28.2 Å². The van der Waals surface area contributed by atoms with Gasteiger partial charge in [-0.3, -0.25) is 19.4 Å². The van der Waals surface area contributed by atoms with Crippen molar-refractivity contribution in [2.45, 2.75) is 24.5 Å². The number of rotatable bonds is 5. The maximum Gasteiger partial charge on any atom is 0.264 e. The van der Waals surface area contributed by atoms with Crippen LogP contribution >= 0.6 is 0 Å². The van der Waals surface area contributed by atoms with Gasteiger partial charge >= 0.3 is 0 Å². The fraction of sp³-hybridized carbons (Fsp3) is 0.161. The number of hydrazone groups is 1. The third-order valence-corrected chi connectivity index (χ3v) is 7.65. The monoisotopic (exact) mass is 546 g/mol. The van der Waals surface area contributed by atoms with Gasteiger partial charge in [0.2, 0.25) is 0 Å². The van der Waals surface area contributed by atoms with E-state index in [1.54, 1.807) is 0 Å². The van der Waals surface area contributed by atoms with Crippen molar-refractivity contribution in [1.82, 2.24) is 10.0 Å². The average molecular weight is 547 g/mol. The zero-order chi connectivity index (χ0) is 28.1. The molecule has 9 nitrogen and oxygen atoms in total. The molecular formula is C31H23FN6O3. The number of benzene rings is 4. The maximum atomic E-state index is 13.8. The molecule has 202 valence electrons. The van der Waals surface area contributed by atoms with Gasteiger partial charge in [-0.25, -0.2) is 14.3 Å². The summed E-state index contributed by atoms with van der Waals surface area (Å²) in [7, 11) is 0. The quantitative estimate of drug-likeness (QED) is 0.341. The minimum Gasteiger partial charge on any atom is -0.271 e. The Hall–Kier alpha value is -5.25. The second-order valence-corrected chi connectivity index (χ2v) is 10.2. The summed E-state index contributed by atoms with van der Waals surface area (Å²) in [6.45, 7) is -0.307. The average Bonchev–Trinajstić information content (AvgIpc) is 3.68. The minimum atomic E-state index is -1.10. The molecule has 0 spiro atoms. The zero-order valence-electron chi connectivity index (χ0n) is 21.7. The van der Waals surface area contributed by atoms with E-state index in [4.69, 9.17) is 5.10 Å². The predicted molar refractivity (Wildman–Crippen MR) is 149 cm³/mol. The van der Waals surface area contributed by atoms with Gasteiger partial charge in [0.05, 0.1) is 17.4 Å². The lowest BCUT2D eigenvalue weighted by Crippen LogP contribution is -2.44. The standard InChI is InChI=1S/C31H23FN6O3/c32-23-11-6-12-24(16-23)37-30(40)28-29(31(37)41)36(35-33-28)18-27(39)38-26(20-8-2-1-3-9-20)17-25(34-38)22-14-13-19-7-4-5-10-21(19)15-22/h1-16,26,28-29H,17-18H2/t26-,28+,29+/m0/s1. The first-order valence-corrected chi connectivity index (χ1v) is 13.2. The molecule has 0 saturated carbocycles. The summed E-state index contributed by atoms with van der Waals surface area (Å²) in [6.07, 6.45) is 0.506. The molecule has 0 unspecified atom stereocenters. The van der Waals surface area contributed by atoms with Gasteiger partial charge in [-0.05, 0) is 46.2 Å². The Kier molecular flexibility index (Phi) is 5.88. The van der Waals surface area contributed by atoms with E-state index < -0.39 is 35.6 Å². The van der Waals surface area contributed by atoms with Gasteiger partial charge in [0.25, 0.3) is 17.7 Å². The molecule has 41 heavy (non-hydrogen) atoms. The topological polar surface area (TPSA) is 98.0 Å². The number of carbonyl (C=O) groups excluding carboxylic acids is 3. The van der Waals surface area contributed by atoms with Gasteiger partial charge in [0.1, 0.15) is 12.4 Å². The Labute approximate surface area is 234 Å². The minimum absolute atomic E-state index is 0.115. The normalized spacial score (nSPS) is 21.6. The number of hydrogen-bond donors (Lipinski definition) is 0. The first kappa shape index (κ1) is 24.8. The van der Waals surface area contributed by atoms with Crippen LogP contribution in [0.25, 0.3) is 10.8 Å². The van der Waals surface area contributed by atoms with Crippen molar-refractivity contribution in [3.8, 4) is 0 Å². The van der Waals surface area contributed by atoms with E-state index in [0.717, 1.165) is 38.6 Å². The Morgan fingerprint density at radius 3 is 2.44 bits per heavy atom. The molecule has 7 rings (SSSR count). The highest BCUT2D eigenvalue weighted by Crippen LogP contribution is 2.35. The first-order chi connectivity index (χ1) is 20.0. The Bertz CT molecular complexity index is 1770. The smallest absolute Gasteiger partial charge is 0.264 e. The van der Waals surface area contributed by atoms with Crippen LogP contribution in [0.3, 0.4) is 0 Å². The van der Waals surface area contributed by atoms with E-state index in [-0.39, 0.29) is 18.3 Å². The van der Waals surface area contributed by atoms with Crippen molar-refractivity contribution in [2.75, 3.05) is 11.4 Å². The van der Waals surface area contributed by atoms with Crippen LogP contribution in [0.4, 0.5) is 10.1 Å². The van der Waals surface area contributed by atoms with Crippen LogP contribution in [-0.2, 0) is 14.4 Å². The summed E-state index contributed by atoms with van der Waals surface area (Å²) in [5.41, 5.74) is 2.72. The largest absolute Gasteiger partial charge is 0.271 e. The van der Waals surface area contributed by atoms with Gasteiger partial charge < -0.3 is 0 Å². The van der Waals surface area contributed by atoms with Gasteiger partial charge in [0.15, 0.2) is 12.1 Å². The summed E-state index contributed by atoms with van der Waals surface area (Å²) in [4.78, 5) is 41.0. The highest BCUT2D eigenvalue weighted by atomic mass is 19.1. The molecule has 0 aliphatic carbocycles. The Morgan fingerprint density at radius 1 is 0.854 bits per heavy atom. The molecule has 0 bridgehead atoms. The lowest BCUT2D eigenvalue weighted by Gasteiger charge is -2.25. The Morgan fingerprint density at radius 2 is 1.63 bits per heavy atom. The van der Waals surface area contributed by atoms with Gasteiger partial charge in [-0.1, -0.05) is 78.0 Å². The summed E-state index contributed by atoms with van der Waals surface area (Å²) < 4.78 is 13.8. The number of nitrogens with zero attached hydrogens (tertiary/aromatic N) is 6. The Balaban J connectivity index is 1.17. The van der Waals surface area contributed by atoms with Crippen LogP contribution in [0.1, 0.15) is 23.6 Å². The van der Waals surface area contributed by atoms with Crippen LogP contribution in [0.5, 0.6) is 0 Å². The highest BCUT2D eigenvalue weighted by Gasteiger charge is 2.55. The van der Waals surface area contributed by atoms with E-state index in [2.05, 4.69) is 16.4 Å². The van der Waals surface area contributed by atoms with Gasteiger partial charge in [-0.15, -0.1) is 0 Å². The van der Waals surface area contributed by atoms with Crippen LogP contribution in [0, 0.1) is 5.82 Å². The number of imide groups is 1. The fourth-order valence-electron chi connectivity index (χ4n) is 5.65. The molecule has 0 N–H and O–H groups in total. The van der Waals surface area contributed by atoms with Crippen molar-refractivity contribution < 1.29 is 18.8 Å². The first-order valence-electron chi connectivity index (χ1n) is 13.2. The second-order valence-electron chi connectivity index (χ2n) is 10.2. The maximum absolute atomic E-state index is 13.8. The molecular weight excluding hydrogens is 523 g/mol. The summed E-state index contributed by atoms with van der Waals surface area (Å²) in [6, 6.07) is 26.5. The van der Waals surface area contributed by atoms with Crippen molar-refractivity contribution in [2.24, 2.45) is 15.4 Å². The molecule has 3 aliphatic heterocycles. The molecule has 10 heteroatoms. The second kappa shape index (κ2) is 9.74. The lowest BCUT2D eigenvalue weighted by molar-refractivity contribution is -0.135. The van der Waals surface area contributed by atoms with Crippen molar-refractivity contribution in [3.63, 3.8) is 0 Å². The van der Waals surface area contributed by atoms with E-state index in [0.29, 0.717) is 6.42 Å². The van der Waals surface area contributed by atoms with E-state index >= 15 is 0 Å². The third kappa shape index (κ3) is 4.24. The summed E-state index contributed by atoms with van der Waals surface area (Å²) in [5, 5.41) is 17.6. The molecule has 3 amide bonds.